The first-order valence-corrected chi connectivity index (χ1v) is 13.1. The number of hydrogen-bond donors (Lipinski definition) is 1. The van der Waals surface area contributed by atoms with E-state index < -0.39 is 39.3 Å². The highest BCUT2D eigenvalue weighted by Crippen LogP contribution is 2.35. The second-order valence-corrected chi connectivity index (χ2v) is 11.1. The van der Waals surface area contributed by atoms with Crippen molar-refractivity contribution in [3.63, 3.8) is 0 Å². The SMILES string of the molecule is Cc1nn(C2CCS(=O)(=O)C2)c2nc(-c3ccccc3)cc(C(=O)Nc3ccc(F)c(C(F)(F)F)c3)c12. The number of alkyl halides is 3. The monoisotopic (exact) mass is 532 g/mol. The number of aromatic nitrogens is 3. The maximum absolute atomic E-state index is 13.7. The number of rotatable bonds is 4. The van der Waals surface area contributed by atoms with Gasteiger partial charge in [0.2, 0.25) is 0 Å². The molecule has 0 radical (unpaired) electrons. The zero-order valence-corrected chi connectivity index (χ0v) is 20.2. The van der Waals surface area contributed by atoms with Gasteiger partial charge in [0.15, 0.2) is 15.5 Å². The maximum Gasteiger partial charge on any atom is 0.419 e. The zero-order valence-electron chi connectivity index (χ0n) is 19.4. The number of nitrogens with zero attached hydrogens (tertiary/aromatic N) is 3. The molecule has 3 heterocycles. The van der Waals surface area contributed by atoms with Crippen LogP contribution >= 0.6 is 0 Å². The van der Waals surface area contributed by atoms with E-state index in [2.05, 4.69) is 10.4 Å². The zero-order chi connectivity index (χ0) is 26.5. The van der Waals surface area contributed by atoms with Crippen molar-refractivity contribution in [1.82, 2.24) is 14.8 Å². The highest BCUT2D eigenvalue weighted by atomic mass is 32.2. The lowest BCUT2D eigenvalue weighted by molar-refractivity contribution is -0.139. The fourth-order valence-electron chi connectivity index (χ4n) is 4.49. The number of carbonyl (C=O) groups is 1. The molecule has 1 N–H and O–H groups in total. The number of pyridine rings is 1. The predicted molar refractivity (Wildman–Crippen MR) is 129 cm³/mol. The summed E-state index contributed by atoms with van der Waals surface area (Å²) >= 11 is 0. The van der Waals surface area contributed by atoms with E-state index in [1.54, 1.807) is 37.3 Å². The summed E-state index contributed by atoms with van der Waals surface area (Å²) in [5.74, 6) is -2.30. The molecular formula is C25H20F4N4O3S. The highest BCUT2D eigenvalue weighted by Gasteiger charge is 2.35. The number of halogens is 4. The Morgan fingerprint density at radius 1 is 1.11 bits per heavy atom. The molecule has 37 heavy (non-hydrogen) atoms. The number of hydrogen-bond acceptors (Lipinski definition) is 5. The molecule has 1 saturated heterocycles. The second-order valence-electron chi connectivity index (χ2n) is 8.85. The average Bonchev–Trinajstić information content (AvgIpc) is 3.38. The van der Waals surface area contributed by atoms with Crippen LogP contribution in [-0.4, -0.2) is 40.6 Å². The molecule has 0 bridgehead atoms. The van der Waals surface area contributed by atoms with Crippen molar-refractivity contribution in [3.8, 4) is 11.3 Å². The number of amides is 1. The van der Waals surface area contributed by atoms with Crippen LogP contribution in [0.4, 0.5) is 23.2 Å². The Bertz CT molecular complexity index is 1630. The third-order valence-electron chi connectivity index (χ3n) is 6.23. The van der Waals surface area contributed by atoms with E-state index in [0.717, 1.165) is 6.07 Å². The van der Waals surface area contributed by atoms with E-state index in [1.807, 2.05) is 0 Å². The van der Waals surface area contributed by atoms with Crippen LogP contribution < -0.4 is 5.32 Å². The van der Waals surface area contributed by atoms with Crippen LogP contribution in [0.2, 0.25) is 0 Å². The Morgan fingerprint density at radius 2 is 1.84 bits per heavy atom. The number of anilines is 1. The van der Waals surface area contributed by atoms with Gasteiger partial charge in [0, 0.05) is 11.3 Å². The van der Waals surface area contributed by atoms with E-state index in [0.29, 0.717) is 46.5 Å². The summed E-state index contributed by atoms with van der Waals surface area (Å²) < 4.78 is 79.0. The largest absolute Gasteiger partial charge is 0.419 e. The first kappa shape index (κ1) is 24.9. The highest BCUT2D eigenvalue weighted by molar-refractivity contribution is 7.91. The van der Waals surface area contributed by atoms with Crippen molar-refractivity contribution in [3.05, 3.63) is 77.2 Å². The van der Waals surface area contributed by atoms with E-state index in [4.69, 9.17) is 4.98 Å². The van der Waals surface area contributed by atoms with Gasteiger partial charge in [-0.1, -0.05) is 30.3 Å². The van der Waals surface area contributed by atoms with Crippen LogP contribution in [-0.2, 0) is 16.0 Å². The topological polar surface area (TPSA) is 93.9 Å². The fraction of sp³-hybridized carbons (Fsp3) is 0.240. The minimum atomic E-state index is -4.94. The number of nitrogens with one attached hydrogen (secondary N) is 1. The van der Waals surface area contributed by atoms with E-state index in [9.17, 15) is 30.8 Å². The summed E-state index contributed by atoms with van der Waals surface area (Å²) in [6.45, 7) is 1.64. The molecule has 7 nitrogen and oxygen atoms in total. The van der Waals surface area contributed by atoms with Crippen LogP contribution in [0.5, 0.6) is 0 Å². The molecule has 0 saturated carbocycles. The lowest BCUT2D eigenvalue weighted by Gasteiger charge is -2.13. The molecule has 192 valence electrons. The standard InChI is InChI=1S/C25H20F4N4O3S/c1-14-22-18(24(34)30-16-7-8-20(26)19(11-16)25(27,28)29)12-21(15-5-3-2-4-6-15)31-23(22)33(32-14)17-9-10-37(35,36)13-17/h2-8,11-12,17H,9-10,13H2,1H3,(H,30,34). The molecule has 2 aromatic carbocycles. The number of aryl methyl sites for hydroxylation is 1. The number of benzene rings is 2. The lowest BCUT2D eigenvalue weighted by atomic mass is 10.0. The van der Waals surface area contributed by atoms with Gasteiger partial charge in [-0.15, -0.1) is 0 Å². The van der Waals surface area contributed by atoms with Crippen LogP contribution in [0.25, 0.3) is 22.3 Å². The Morgan fingerprint density at radius 3 is 2.49 bits per heavy atom. The van der Waals surface area contributed by atoms with Gasteiger partial charge >= 0.3 is 6.18 Å². The summed E-state index contributed by atoms with van der Waals surface area (Å²) in [5.41, 5.74) is 0.122. The van der Waals surface area contributed by atoms with Gasteiger partial charge in [0.1, 0.15) is 5.82 Å². The second kappa shape index (κ2) is 8.94. The van der Waals surface area contributed by atoms with E-state index in [-0.39, 0.29) is 22.8 Å². The Kier molecular flexibility index (Phi) is 6.01. The molecule has 0 aliphatic carbocycles. The van der Waals surface area contributed by atoms with Gasteiger partial charge in [0.25, 0.3) is 5.91 Å². The number of fused-ring (bicyclic) bond motifs is 1. The average molecular weight is 533 g/mol. The van der Waals surface area contributed by atoms with Crippen molar-refractivity contribution >= 4 is 32.5 Å². The van der Waals surface area contributed by atoms with Crippen molar-refractivity contribution in [1.29, 1.82) is 0 Å². The summed E-state index contributed by atoms with van der Waals surface area (Å²) in [5, 5.41) is 7.26. The van der Waals surface area contributed by atoms with Gasteiger partial charge in [-0.3, -0.25) is 4.79 Å². The molecule has 5 rings (SSSR count). The number of sulfone groups is 1. The van der Waals surface area contributed by atoms with Crippen molar-refractivity contribution in [2.75, 3.05) is 16.8 Å². The van der Waals surface area contributed by atoms with Crippen LogP contribution in [0.15, 0.2) is 54.6 Å². The van der Waals surface area contributed by atoms with Crippen LogP contribution in [0.1, 0.15) is 34.1 Å². The molecule has 1 fully saturated rings. The van der Waals surface area contributed by atoms with Gasteiger partial charge in [-0.2, -0.15) is 18.3 Å². The minimum Gasteiger partial charge on any atom is -0.322 e. The van der Waals surface area contributed by atoms with Gasteiger partial charge in [-0.25, -0.2) is 22.5 Å². The fourth-order valence-corrected chi connectivity index (χ4v) is 6.18. The molecule has 1 amide bonds. The predicted octanol–water partition coefficient (Wildman–Crippen LogP) is 5.18. The summed E-state index contributed by atoms with van der Waals surface area (Å²) in [6.07, 6.45) is -4.60. The van der Waals surface area contributed by atoms with Gasteiger partial charge in [-0.05, 0) is 37.6 Å². The Hall–Kier alpha value is -3.80. The molecule has 1 unspecified atom stereocenters. The molecule has 1 atom stereocenters. The van der Waals surface area contributed by atoms with Gasteiger partial charge in [0.05, 0.1) is 45.4 Å². The van der Waals surface area contributed by atoms with Gasteiger partial charge < -0.3 is 5.32 Å². The minimum absolute atomic E-state index is 0.00981. The Labute approximate surface area is 209 Å². The first-order valence-electron chi connectivity index (χ1n) is 11.3. The third kappa shape index (κ3) is 4.80. The quantitative estimate of drug-likeness (QED) is 0.366. The Balaban J connectivity index is 1.64. The molecule has 1 aliphatic heterocycles. The number of carbonyl (C=O) groups excluding carboxylic acids is 1. The van der Waals surface area contributed by atoms with Crippen LogP contribution in [0.3, 0.4) is 0 Å². The molecule has 12 heteroatoms. The molecule has 1 aliphatic rings. The summed E-state index contributed by atoms with van der Waals surface area (Å²) in [7, 11) is -3.24. The normalized spacial score (nSPS) is 17.3. The summed E-state index contributed by atoms with van der Waals surface area (Å²) in [6, 6.07) is 12.2. The van der Waals surface area contributed by atoms with Crippen molar-refractivity contribution in [2.24, 2.45) is 0 Å². The summed E-state index contributed by atoms with van der Waals surface area (Å²) in [4.78, 5) is 18.1. The maximum atomic E-state index is 13.7. The van der Waals surface area contributed by atoms with Crippen LogP contribution in [0, 0.1) is 12.7 Å². The smallest absolute Gasteiger partial charge is 0.322 e. The van der Waals surface area contributed by atoms with Crippen molar-refractivity contribution in [2.45, 2.75) is 25.6 Å². The first-order chi connectivity index (χ1) is 17.4. The third-order valence-corrected chi connectivity index (χ3v) is 7.99. The lowest BCUT2D eigenvalue weighted by Crippen LogP contribution is -2.16. The molecule has 4 aromatic rings. The van der Waals surface area contributed by atoms with Crippen molar-refractivity contribution < 1.29 is 30.8 Å². The van der Waals surface area contributed by atoms with E-state index >= 15 is 0 Å². The molecule has 2 aromatic heterocycles. The molecular weight excluding hydrogens is 512 g/mol. The van der Waals surface area contributed by atoms with E-state index in [1.165, 1.54) is 10.7 Å². The molecule has 0 spiro atoms.